The SMILES string of the molecule is C=Cc1cccc(C2(c3ccc(-c4cccc5c4oc4ccccc45)cc3C)C3=C(CCC=C3)C(C)(C)c3ccccc32)c1. The average molecular weight is 569 g/mol. The quantitative estimate of drug-likeness (QED) is 0.206. The number of fused-ring (bicyclic) bond motifs is 4. The van der Waals surface area contributed by atoms with Gasteiger partial charge in [0.2, 0.25) is 0 Å². The zero-order valence-corrected chi connectivity index (χ0v) is 25.7. The van der Waals surface area contributed by atoms with Gasteiger partial charge in [0, 0.05) is 21.8 Å². The first-order chi connectivity index (χ1) is 21.4. The van der Waals surface area contributed by atoms with Crippen LogP contribution >= 0.6 is 0 Å². The minimum atomic E-state index is -0.453. The zero-order chi connectivity index (χ0) is 30.1. The molecule has 5 aromatic carbocycles. The van der Waals surface area contributed by atoms with Crippen LogP contribution in [0.4, 0.5) is 0 Å². The van der Waals surface area contributed by atoms with Crippen LogP contribution in [0, 0.1) is 6.92 Å². The van der Waals surface area contributed by atoms with E-state index in [1.165, 1.54) is 39.0 Å². The second kappa shape index (κ2) is 9.82. The molecule has 0 bridgehead atoms. The molecule has 1 heteroatoms. The highest BCUT2D eigenvalue weighted by atomic mass is 16.3. The van der Waals surface area contributed by atoms with E-state index in [0.29, 0.717) is 0 Å². The first kappa shape index (κ1) is 26.7. The Morgan fingerprint density at radius 2 is 1.52 bits per heavy atom. The lowest BCUT2D eigenvalue weighted by atomic mass is 9.52. The van der Waals surface area contributed by atoms with Gasteiger partial charge in [-0.15, -0.1) is 0 Å². The van der Waals surface area contributed by atoms with Crippen LogP contribution in [0.1, 0.15) is 60.1 Å². The smallest absolute Gasteiger partial charge is 0.143 e. The van der Waals surface area contributed by atoms with Crippen molar-refractivity contribution < 1.29 is 4.42 Å². The zero-order valence-electron chi connectivity index (χ0n) is 25.7. The van der Waals surface area contributed by atoms with Crippen molar-refractivity contribution in [2.24, 2.45) is 0 Å². The van der Waals surface area contributed by atoms with E-state index in [4.69, 9.17) is 4.42 Å². The molecule has 0 saturated heterocycles. The summed E-state index contributed by atoms with van der Waals surface area (Å²) >= 11 is 0. The fourth-order valence-corrected chi connectivity index (χ4v) is 8.21. The highest BCUT2D eigenvalue weighted by Crippen LogP contribution is 2.58. The predicted octanol–water partition coefficient (Wildman–Crippen LogP) is 11.5. The Morgan fingerprint density at radius 3 is 2.36 bits per heavy atom. The molecule has 0 amide bonds. The van der Waals surface area contributed by atoms with Crippen LogP contribution in [0.3, 0.4) is 0 Å². The monoisotopic (exact) mass is 568 g/mol. The molecule has 2 aliphatic rings. The third kappa shape index (κ3) is 3.65. The summed E-state index contributed by atoms with van der Waals surface area (Å²) in [4.78, 5) is 0. The van der Waals surface area contributed by atoms with Crippen LogP contribution in [0.25, 0.3) is 39.1 Å². The number of rotatable bonds is 4. The van der Waals surface area contributed by atoms with Crippen molar-refractivity contribution in [3.8, 4) is 11.1 Å². The minimum absolute atomic E-state index is 0.0545. The molecular weight excluding hydrogens is 532 g/mol. The van der Waals surface area contributed by atoms with E-state index in [2.05, 4.69) is 143 Å². The largest absolute Gasteiger partial charge is 0.455 e. The summed E-state index contributed by atoms with van der Waals surface area (Å²) in [5.41, 5.74) is 14.4. The van der Waals surface area contributed by atoms with E-state index in [-0.39, 0.29) is 5.41 Å². The summed E-state index contributed by atoms with van der Waals surface area (Å²) in [7, 11) is 0. The van der Waals surface area contributed by atoms with Crippen molar-refractivity contribution in [2.45, 2.75) is 44.4 Å². The molecule has 0 fully saturated rings. The number of hydrogen-bond donors (Lipinski definition) is 0. The molecule has 0 N–H and O–H groups in total. The minimum Gasteiger partial charge on any atom is -0.455 e. The molecule has 1 nitrogen and oxygen atoms in total. The van der Waals surface area contributed by atoms with Crippen LogP contribution in [-0.2, 0) is 10.8 Å². The average Bonchev–Trinajstić information content (AvgIpc) is 3.45. The molecule has 214 valence electrons. The number of hydrogen-bond acceptors (Lipinski definition) is 1. The van der Waals surface area contributed by atoms with Gasteiger partial charge in [-0.25, -0.2) is 0 Å². The molecule has 1 heterocycles. The number of benzene rings is 5. The van der Waals surface area contributed by atoms with Crippen LogP contribution in [0.15, 0.2) is 143 Å². The fraction of sp³-hybridized carbons (Fsp3) is 0.163. The van der Waals surface area contributed by atoms with Crippen molar-refractivity contribution in [2.75, 3.05) is 0 Å². The lowest BCUT2D eigenvalue weighted by molar-refractivity contribution is 0.520. The van der Waals surface area contributed by atoms with Gasteiger partial charge in [0.15, 0.2) is 0 Å². The topological polar surface area (TPSA) is 13.1 Å². The standard InChI is InChI=1S/C43H36O/c1-5-29-14-12-15-31(27-29)43(38-21-9-7-19-36(38)42(3,4)37-20-8-10-22-39(37)43)35-25-24-30(26-28(35)2)32-17-13-18-34-33-16-6-11-23-40(33)44-41(32)34/h5-7,9-19,21-27H,1,8,20H2,2-4H3. The third-order valence-corrected chi connectivity index (χ3v) is 10.2. The lowest BCUT2D eigenvalue weighted by Gasteiger charge is -2.50. The highest BCUT2D eigenvalue weighted by molar-refractivity contribution is 6.09. The normalized spacial score (nSPS) is 18.8. The molecule has 6 aromatic rings. The Morgan fingerprint density at radius 1 is 0.750 bits per heavy atom. The van der Waals surface area contributed by atoms with Crippen LogP contribution in [0.5, 0.6) is 0 Å². The number of furan rings is 1. The molecule has 1 unspecified atom stereocenters. The Kier molecular flexibility index (Phi) is 5.97. The van der Waals surface area contributed by atoms with Gasteiger partial charge in [-0.2, -0.15) is 0 Å². The van der Waals surface area contributed by atoms with Gasteiger partial charge in [0.25, 0.3) is 0 Å². The number of allylic oxidation sites excluding steroid dienone is 4. The summed E-state index contributed by atoms with van der Waals surface area (Å²) in [5, 5.41) is 2.31. The van der Waals surface area contributed by atoms with Crippen LogP contribution < -0.4 is 0 Å². The van der Waals surface area contributed by atoms with Gasteiger partial charge in [0.1, 0.15) is 11.2 Å². The van der Waals surface area contributed by atoms with Crippen LogP contribution in [0.2, 0.25) is 0 Å². The number of aryl methyl sites for hydroxylation is 1. The molecule has 44 heavy (non-hydrogen) atoms. The van der Waals surface area contributed by atoms with E-state index >= 15 is 0 Å². The highest BCUT2D eigenvalue weighted by Gasteiger charge is 2.50. The molecule has 0 aliphatic heterocycles. The van der Waals surface area contributed by atoms with E-state index < -0.39 is 5.41 Å². The van der Waals surface area contributed by atoms with Crippen LogP contribution in [-0.4, -0.2) is 0 Å². The van der Waals surface area contributed by atoms with Crippen molar-refractivity contribution in [1.82, 2.24) is 0 Å². The van der Waals surface area contributed by atoms with Gasteiger partial charge in [-0.3, -0.25) is 0 Å². The Balaban J connectivity index is 1.43. The second-order valence-corrected chi connectivity index (χ2v) is 12.9. The molecule has 1 atom stereocenters. The van der Waals surface area contributed by atoms with Crippen molar-refractivity contribution in [3.05, 3.63) is 172 Å². The molecule has 0 saturated carbocycles. The van der Waals surface area contributed by atoms with Crippen molar-refractivity contribution in [1.29, 1.82) is 0 Å². The predicted molar refractivity (Wildman–Crippen MR) is 185 cm³/mol. The maximum atomic E-state index is 6.45. The Bertz CT molecular complexity index is 2180. The first-order valence-electron chi connectivity index (χ1n) is 15.7. The van der Waals surface area contributed by atoms with Gasteiger partial charge in [-0.05, 0) is 70.3 Å². The fourth-order valence-electron chi connectivity index (χ4n) is 8.21. The van der Waals surface area contributed by atoms with E-state index in [0.717, 1.165) is 45.9 Å². The van der Waals surface area contributed by atoms with Gasteiger partial charge >= 0.3 is 0 Å². The summed E-state index contributed by atoms with van der Waals surface area (Å²) in [6, 6.07) is 40.0. The molecule has 0 radical (unpaired) electrons. The second-order valence-electron chi connectivity index (χ2n) is 12.9. The van der Waals surface area contributed by atoms with E-state index in [9.17, 15) is 0 Å². The van der Waals surface area contributed by atoms with Gasteiger partial charge < -0.3 is 4.42 Å². The Hall–Kier alpha value is -4.88. The molecule has 2 aliphatic carbocycles. The van der Waals surface area contributed by atoms with Crippen molar-refractivity contribution in [3.63, 3.8) is 0 Å². The van der Waals surface area contributed by atoms with Gasteiger partial charge in [-0.1, -0.05) is 147 Å². The lowest BCUT2D eigenvalue weighted by Crippen LogP contribution is -2.43. The summed E-state index contributed by atoms with van der Waals surface area (Å²) in [6.45, 7) is 11.2. The van der Waals surface area contributed by atoms with E-state index in [1.54, 1.807) is 5.57 Å². The Labute approximate surface area is 259 Å². The first-order valence-corrected chi connectivity index (χ1v) is 15.7. The van der Waals surface area contributed by atoms with Gasteiger partial charge in [0.05, 0.1) is 5.41 Å². The molecule has 1 aromatic heterocycles. The maximum absolute atomic E-state index is 6.45. The third-order valence-electron chi connectivity index (χ3n) is 10.2. The summed E-state index contributed by atoms with van der Waals surface area (Å²) in [5.74, 6) is 0. The van der Waals surface area contributed by atoms with E-state index in [1.807, 2.05) is 12.1 Å². The molecule has 0 spiro atoms. The molecule has 8 rings (SSSR count). The summed E-state index contributed by atoms with van der Waals surface area (Å²) in [6.07, 6.45) is 8.92. The molecular formula is C43H36O. The maximum Gasteiger partial charge on any atom is 0.143 e. The number of para-hydroxylation sites is 2. The van der Waals surface area contributed by atoms with Crippen molar-refractivity contribution >= 4 is 28.0 Å². The summed E-state index contributed by atoms with van der Waals surface area (Å²) < 4.78 is 6.45.